The number of rotatable bonds is 0. The smallest absolute Gasteiger partial charge is 0.146 e. The maximum atomic E-state index is 5.08. The van der Waals surface area contributed by atoms with Gasteiger partial charge in [-0.05, 0) is 0 Å². The fraction of sp³-hybridized carbons (Fsp3) is 1.00. The van der Waals surface area contributed by atoms with Crippen LogP contribution in [0.5, 0.6) is 0 Å². The van der Waals surface area contributed by atoms with Crippen LogP contribution in [0.1, 0.15) is 0 Å². The first-order valence-electron chi connectivity index (χ1n) is 2.74. The topological polar surface area (TPSA) is 18.5 Å². The summed E-state index contributed by atoms with van der Waals surface area (Å²) in [7, 11) is 0. The Morgan fingerprint density at radius 1 is 1.00 bits per heavy atom. The standard InChI is InChI=1S/C5H8Br2O2/c6-4-1-8-3-9-2-5(4)7/h4-5H,1-3H2. The first-order chi connectivity index (χ1) is 4.30. The van der Waals surface area contributed by atoms with Crippen LogP contribution >= 0.6 is 31.9 Å². The maximum absolute atomic E-state index is 5.08. The van der Waals surface area contributed by atoms with Crippen molar-refractivity contribution in [3.63, 3.8) is 0 Å². The largest absolute Gasteiger partial charge is 0.354 e. The van der Waals surface area contributed by atoms with Gasteiger partial charge in [0.05, 0.1) is 22.9 Å². The third kappa shape index (κ3) is 2.53. The van der Waals surface area contributed by atoms with Crippen molar-refractivity contribution in [1.29, 1.82) is 0 Å². The van der Waals surface area contributed by atoms with E-state index >= 15 is 0 Å². The molecule has 0 aromatic carbocycles. The molecule has 1 rings (SSSR count). The van der Waals surface area contributed by atoms with E-state index in [1.807, 2.05) is 0 Å². The molecular weight excluding hydrogens is 252 g/mol. The average Bonchev–Trinajstić information content (AvgIpc) is 1.99. The molecule has 1 aliphatic heterocycles. The van der Waals surface area contributed by atoms with Crippen molar-refractivity contribution >= 4 is 31.9 Å². The van der Waals surface area contributed by atoms with E-state index in [0.717, 1.165) is 13.2 Å². The summed E-state index contributed by atoms with van der Waals surface area (Å²) in [5, 5.41) is 0. The summed E-state index contributed by atoms with van der Waals surface area (Å²) >= 11 is 6.90. The van der Waals surface area contributed by atoms with Crippen LogP contribution in [0.3, 0.4) is 0 Å². The minimum Gasteiger partial charge on any atom is -0.354 e. The fourth-order valence-electron chi connectivity index (χ4n) is 0.589. The monoisotopic (exact) mass is 258 g/mol. The van der Waals surface area contributed by atoms with E-state index in [0.29, 0.717) is 16.4 Å². The van der Waals surface area contributed by atoms with Gasteiger partial charge >= 0.3 is 0 Å². The highest BCUT2D eigenvalue weighted by Gasteiger charge is 2.18. The zero-order chi connectivity index (χ0) is 6.69. The van der Waals surface area contributed by atoms with Crippen LogP contribution in [0.15, 0.2) is 0 Å². The van der Waals surface area contributed by atoms with Gasteiger partial charge in [-0.15, -0.1) is 0 Å². The summed E-state index contributed by atoms with van der Waals surface area (Å²) in [6.45, 7) is 1.86. The van der Waals surface area contributed by atoms with Gasteiger partial charge in [-0.2, -0.15) is 0 Å². The summed E-state index contributed by atoms with van der Waals surface area (Å²) < 4.78 is 10.2. The first-order valence-corrected chi connectivity index (χ1v) is 4.57. The predicted molar refractivity (Wildman–Crippen MR) is 42.2 cm³/mol. The molecule has 4 heteroatoms. The molecule has 1 heterocycles. The van der Waals surface area contributed by atoms with E-state index in [9.17, 15) is 0 Å². The Morgan fingerprint density at radius 2 is 1.44 bits per heavy atom. The molecule has 0 bridgehead atoms. The molecule has 2 atom stereocenters. The highest BCUT2D eigenvalue weighted by molar-refractivity contribution is 9.12. The molecule has 9 heavy (non-hydrogen) atoms. The number of hydrogen-bond donors (Lipinski definition) is 0. The molecule has 1 saturated heterocycles. The van der Waals surface area contributed by atoms with E-state index < -0.39 is 0 Å². The summed E-state index contributed by atoms with van der Waals surface area (Å²) in [5.41, 5.74) is 0. The van der Waals surface area contributed by atoms with Crippen LogP contribution in [0.2, 0.25) is 0 Å². The van der Waals surface area contributed by atoms with Gasteiger partial charge in [0, 0.05) is 0 Å². The Kier molecular flexibility index (Phi) is 3.46. The van der Waals surface area contributed by atoms with E-state index in [-0.39, 0.29) is 0 Å². The van der Waals surface area contributed by atoms with Gasteiger partial charge in [0.2, 0.25) is 0 Å². The molecule has 54 valence electrons. The van der Waals surface area contributed by atoms with Gasteiger partial charge in [0.25, 0.3) is 0 Å². The van der Waals surface area contributed by atoms with E-state index in [1.54, 1.807) is 0 Å². The van der Waals surface area contributed by atoms with Crippen molar-refractivity contribution in [2.45, 2.75) is 9.65 Å². The van der Waals surface area contributed by atoms with E-state index in [2.05, 4.69) is 31.9 Å². The van der Waals surface area contributed by atoms with Crippen molar-refractivity contribution in [3.05, 3.63) is 0 Å². The van der Waals surface area contributed by atoms with Crippen molar-refractivity contribution < 1.29 is 9.47 Å². The lowest BCUT2D eigenvalue weighted by Crippen LogP contribution is -2.19. The molecule has 0 saturated carbocycles. The van der Waals surface area contributed by atoms with Gasteiger partial charge in [-0.1, -0.05) is 31.9 Å². The zero-order valence-electron chi connectivity index (χ0n) is 4.85. The number of ether oxygens (including phenoxy) is 2. The van der Waals surface area contributed by atoms with Gasteiger partial charge in [0.15, 0.2) is 0 Å². The lowest BCUT2D eigenvalue weighted by atomic mass is 10.3. The molecule has 0 aliphatic carbocycles. The zero-order valence-corrected chi connectivity index (χ0v) is 8.02. The molecule has 0 amide bonds. The Labute approximate surface area is 71.2 Å². The second kappa shape index (κ2) is 3.91. The molecule has 1 aliphatic rings. The van der Waals surface area contributed by atoms with Crippen LogP contribution in [0, 0.1) is 0 Å². The quantitative estimate of drug-likeness (QED) is 0.615. The normalized spacial score (nSPS) is 38.0. The second-order valence-electron chi connectivity index (χ2n) is 1.89. The predicted octanol–water partition coefficient (Wildman–Crippen LogP) is 1.52. The summed E-state index contributed by atoms with van der Waals surface area (Å²) in [6, 6.07) is 0. The van der Waals surface area contributed by atoms with E-state index in [4.69, 9.17) is 9.47 Å². The minimum atomic E-state index is 0.375. The van der Waals surface area contributed by atoms with Crippen molar-refractivity contribution in [3.8, 4) is 0 Å². The SMILES string of the molecule is BrC1COCOCC1Br. The van der Waals surface area contributed by atoms with Crippen molar-refractivity contribution in [2.24, 2.45) is 0 Å². The molecule has 0 aromatic rings. The lowest BCUT2D eigenvalue weighted by Gasteiger charge is -2.08. The Bertz CT molecular complexity index is 79.0. The summed E-state index contributed by atoms with van der Waals surface area (Å²) in [6.07, 6.45) is 0. The lowest BCUT2D eigenvalue weighted by molar-refractivity contribution is -0.0308. The van der Waals surface area contributed by atoms with Crippen molar-refractivity contribution in [1.82, 2.24) is 0 Å². The Morgan fingerprint density at radius 3 is 1.89 bits per heavy atom. The summed E-state index contributed by atoms with van der Waals surface area (Å²) in [5.74, 6) is 0. The molecular formula is C5H8Br2O2. The Hall–Kier alpha value is 0.880. The van der Waals surface area contributed by atoms with Crippen LogP contribution in [0.25, 0.3) is 0 Å². The Balaban J connectivity index is 2.32. The van der Waals surface area contributed by atoms with Gasteiger partial charge in [-0.3, -0.25) is 0 Å². The van der Waals surface area contributed by atoms with Crippen LogP contribution in [-0.4, -0.2) is 29.7 Å². The summed E-state index contributed by atoms with van der Waals surface area (Å²) in [4.78, 5) is 0.750. The molecule has 0 spiro atoms. The third-order valence-electron chi connectivity index (χ3n) is 1.11. The molecule has 0 N–H and O–H groups in total. The highest BCUT2D eigenvalue weighted by Crippen LogP contribution is 2.17. The van der Waals surface area contributed by atoms with Crippen LogP contribution < -0.4 is 0 Å². The molecule has 2 unspecified atom stereocenters. The molecule has 2 nitrogen and oxygen atoms in total. The molecule has 0 radical (unpaired) electrons. The number of hydrogen-bond acceptors (Lipinski definition) is 2. The third-order valence-corrected chi connectivity index (χ3v) is 3.63. The highest BCUT2D eigenvalue weighted by atomic mass is 79.9. The van der Waals surface area contributed by atoms with Crippen molar-refractivity contribution in [2.75, 3.05) is 20.0 Å². The van der Waals surface area contributed by atoms with Crippen LogP contribution in [-0.2, 0) is 9.47 Å². The van der Waals surface area contributed by atoms with Crippen LogP contribution in [0.4, 0.5) is 0 Å². The number of alkyl halides is 2. The molecule has 0 aromatic heterocycles. The van der Waals surface area contributed by atoms with Gasteiger partial charge in [0.1, 0.15) is 6.79 Å². The first kappa shape index (κ1) is 7.98. The van der Waals surface area contributed by atoms with Gasteiger partial charge < -0.3 is 9.47 Å². The van der Waals surface area contributed by atoms with E-state index in [1.165, 1.54) is 0 Å². The van der Waals surface area contributed by atoms with Gasteiger partial charge in [-0.25, -0.2) is 0 Å². The number of halogens is 2. The minimum absolute atomic E-state index is 0.375. The molecule has 1 fully saturated rings. The second-order valence-corrected chi connectivity index (χ2v) is 4.24. The maximum Gasteiger partial charge on any atom is 0.146 e. The fourth-order valence-corrected chi connectivity index (χ4v) is 1.27. The average molecular weight is 260 g/mol.